The number of non-ortho nitro benzene ring substituents is 1. The molecule has 1 aliphatic rings. The minimum Gasteiger partial charge on any atom is -0.465 e. The van der Waals surface area contributed by atoms with Crippen LogP contribution in [0.1, 0.15) is 54.2 Å². The highest BCUT2D eigenvalue weighted by atomic mass is 32.1. The monoisotopic (exact) mass is 505 g/mol. The summed E-state index contributed by atoms with van der Waals surface area (Å²) < 4.78 is 10.8. The maximum Gasteiger partial charge on any atom is 0.350 e. The van der Waals surface area contributed by atoms with Crippen LogP contribution in [0.15, 0.2) is 45.6 Å². The third-order valence-corrected chi connectivity index (χ3v) is 7.38. The number of thiazole rings is 1. The van der Waals surface area contributed by atoms with Crippen molar-refractivity contribution in [2.24, 2.45) is 0 Å². The molecule has 0 saturated carbocycles. The average molecular weight is 506 g/mol. The number of fused-ring (bicyclic) bond motifs is 2. The molecule has 1 amide bonds. The van der Waals surface area contributed by atoms with E-state index in [1.165, 1.54) is 30.2 Å². The predicted molar refractivity (Wildman–Crippen MR) is 132 cm³/mol. The van der Waals surface area contributed by atoms with Gasteiger partial charge in [-0.3, -0.25) is 24.6 Å². The third-order valence-electron chi connectivity index (χ3n) is 6.25. The number of ether oxygens (including phenoxy) is 1. The Morgan fingerprint density at radius 3 is 2.58 bits per heavy atom. The van der Waals surface area contributed by atoms with E-state index in [2.05, 4.69) is 4.98 Å². The number of rotatable bonds is 4. The molecule has 3 heterocycles. The highest BCUT2D eigenvalue weighted by Crippen LogP contribution is 2.43. The summed E-state index contributed by atoms with van der Waals surface area (Å²) in [5.41, 5.74) is 2.16. The summed E-state index contributed by atoms with van der Waals surface area (Å²) in [4.78, 5) is 56.5. The zero-order chi connectivity index (χ0) is 25.9. The summed E-state index contributed by atoms with van der Waals surface area (Å²) >= 11 is 0.930. The number of carbonyl (C=O) groups is 2. The molecule has 182 valence electrons. The van der Waals surface area contributed by atoms with Crippen LogP contribution < -0.4 is 10.3 Å². The molecular weight excluding hydrogens is 486 g/mol. The number of hydrogen-bond donors (Lipinski definition) is 0. The molecule has 2 aromatic carbocycles. The largest absolute Gasteiger partial charge is 0.465 e. The van der Waals surface area contributed by atoms with Crippen molar-refractivity contribution in [2.45, 2.75) is 26.8 Å². The second kappa shape index (κ2) is 8.38. The first-order chi connectivity index (χ1) is 17.1. The molecule has 0 aliphatic carbocycles. The summed E-state index contributed by atoms with van der Waals surface area (Å²) in [6.45, 7) is 5.34. The van der Waals surface area contributed by atoms with Gasteiger partial charge in [-0.25, -0.2) is 9.78 Å². The summed E-state index contributed by atoms with van der Waals surface area (Å²) in [6.07, 6.45) is 0. The van der Waals surface area contributed by atoms with E-state index in [0.29, 0.717) is 16.6 Å². The Balaban J connectivity index is 1.81. The number of hydrogen-bond acceptors (Lipinski definition) is 9. The van der Waals surface area contributed by atoms with Gasteiger partial charge in [-0.15, -0.1) is 0 Å². The molecule has 0 fully saturated rings. The van der Waals surface area contributed by atoms with E-state index in [9.17, 15) is 24.5 Å². The van der Waals surface area contributed by atoms with E-state index >= 15 is 0 Å². The summed E-state index contributed by atoms with van der Waals surface area (Å²) in [6, 6.07) is 8.07. The Morgan fingerprint density at radius 2 is 1.89 bits per heavy atom. The molecule has 4 aromatic rings. The van der Waals surface area contributed by atoms with Gasteiger partial charge in [0, 0.05) is 12.1 Å². The number of benzene rings is 2. The number of aryl methyl sites for hydroxylation is 3. The summed E-state index contributed by atoms with van der Waals surface area (Å²) in [7, 11) is 1.24. The van der Waals surface area contributed by atoms with Crippen LogP contribution in [-0.4, -0.2) is 28.9 Å². The van der Waals surface area contributed by atoms with Gasteiger partial charge in [-0.1, -0.05) is 23.5 Å². The maximum absolute atomic E-state index is 13.8. The van der Waals surface area contributed by atoms with Gasteiger partial charge in [0.25, 0.3) is 11.6 Å². The maximum atomic E-state index is 13.8. The van der Waals surface area contributed by atoms with Gasteiger partial charge in [0.15, 0.2) is 10.6 Å². The van der Waals surface area contributed by atoms with Crippen molar-refractivity contribution in [1.29, 1.82) is 0 Å². The van der Waals surface area contributed by atoms with E-state index in [0.717, 1.165) is 22.5 Å². The molecule has 10 nitrogen and oxygen atoms in total. The molecule has 5 rings (SSSR count). The van der Waals surface area contributed by atoms with Crippen LogP contribution in [0.25, 0.3) is 11.0 Å². The summed E-state index contributed by atoms with van der Waals surface area (Å²) in [5, 5.41) is 11.9. The van der Waals surface area contributed by atoms with Crippen molar-refractivity contribution in [1.82, 2.24) is 4.98 Å². The summed E-state index contributed by atoms with van der Waals surface area (Å²) in [5.74, 6) is -1.41. The number of anilines is 1. The van der Waals surface area contributed by atoms with E-state index in [4.69, 9.17) is 9.15 Å². The molecule has 2 aromatic heterocycles. The number of carbonyl (C=O) groups excluding carboxylic acids is 2. The van der Waals surface area contributed by atoms with Crippen LogP contribution >= 0.6 is 11.3 Å². The van der Waals surface area contributed by atoms with Crippen LogP contribution in [0, 0.1) is 30.9 Å². The van der Waals surface area contributed by atoms with E-state index < -0.39 is 28.3 Å². The molecule has 0 bridgehead atoms. The van der Waals surface area contributed by atoms with Crippen molar-refractivity contribution < 1.29 is 23.7 Å². The minimum atomic E-state index is -1.05. The first-order valence-electron chi connectivity index (χ1n) is 10.8. The lowest BCUT2D eigenvalue weighted by Crippen LogP contribution is -2.29. The van der Waals surface area contributed by atoms with Gasteiger partial charge in [0.05, 0.1) is 34.7 Å². The number of nitrogens with zero attached hydrogens (tertiary/aromatic N) is 3. The fourth-order valence-electron chi connectivity index (χ4n) is 4.32. The highest BCUT2D eigenvalue weighted by Gasteiger charge is 2.45. The Kier molecular flexibility index (Phi) is 5.44. The van der Waals surface area contributed by atoms with Gasteiger partial charge in [-0.05, 0) is 49.6 Å². The molecule has 0 spiro atoms. The lowest BCUT2D eigenvalue weighted by molar-refractivity contribution is -0.384. The molecule has 1 aliphatic heterocycles. The van der Waals surface area contributed by atoms with Crippen LogP contribution in [-0.2, 0) is 4.74 Å². The molecular formula is C25H19N3O7S. The first-order valence-corrected chi connectivity index (χ1v) is 11.7. The number of nitro benzene ring substituents is 1. The molecule has 0 unspecified atom stereocenters. The minimum absolute atomic E-state index is 0.0590. The van der Waals surface area contributed by atoms with Crippen LogP contribution in [0.2, 0.25) is 0 Å². The predicted octanol–water partition coefficient (Wildman–Crippen LogP) is 4.62. The van der Waals surface area contributed by atoms with Crippen molar-refractivity contribution >= 4 is 45.0 Å². The van der Waals surface area contributed by atoms with E-state index in [1.54, 1.807) is 25.1 Å². The molecule has 36 heavy (non-hydrogen) atoms. The van der Waals surface area contributed by atoms with Gasteiger partial charge < -0.3 is 9.15 Å². The van der Waals surface area contributed by atoms with Crippen molar-refractivity contribution in [3.63, 3.8) is 0 Å². The molecule has 11 heteroatoms. The van der Waals surface area contributed by atoms with Crippen molar-refractivity contribution in [2.75, 3.05) is 12.0 Å². The third kappa shape index (κ3) is 3.47. The molecule has 0 radical (unpaired) electrons. The number of aromatic nitrogens is 1. The first kappa shape index (κ1) is 23.4. The topological polar surface area (TPSA) is 133 Å². The average Bonchev–Trinajstić information content (AvgIpc) is 3.37. The second-order valence-electron chi connectivity index (χ2n) is 8.44. The Hall–Kier alpha value is -4.38. The SMILES string of the molecule is COC(=O)c1sc(N2C(=O)c3oc4cc(C)c(C)cc4c(=O)c3[C@H]2c2cccc([N+](=O)[O-])c2)nc1C. The number of amides is 1. The highest BCUT2D eigenvalue weighted by molar-refractivity contribution is 7.17. The van der Waals surface area contributed by atoms with Gasteiger partial charge in [0.1, 0.15) is 10.5 Å². The Labute approximate surface area is 207 Å². The number of esters is 1. The van der Waals surface area contributed by atoms with Crippen LogP contribution in [0.5, 0.6) is 0 Å². The van der Waals surface area contributed by atoms with Crippen molar-refractivity contribution in [3.8, 4) is 0 Å². The number of nitro groups is 1. The standard InChI is InChI=1S/C25H19N3O7S/c1-11-8-16-17(9-12(11)2)35-21-18(20(16)29)19(14-6-5-7-15(10-14)28(32)33)27(23(21)30)25-26-13(3)22(36-25)24(31)34-4/h5-10,19H,1-4H3/t19-/m1/s1. The fourth-order valence-corrected chi connectivity index (χ4v) is 5.33. The lowest BCUT2D eigenvalue weighted by atomic mass is 9.97. The van der Waals surface area contributed by atoms with Gasteiger partial charge in [-0.2, -0.15) is 0 Å². The smallest absolute Gasteiger partial charge is 0.350 e. The molecule has 0 N–H and O–H groups in total. The van der Waals surface area contributed by atoms with Crippen LogP contribution in [0.3, 0.4) is 0 Å². The van der Waals surface area contributed by atoms with E-state index in [-0.39, 0.29) is 32.6 Å². The normalized spacial score (nSPS) is 14.8. The molecule has 1 atom stereocenters. The Bertz CT molecular complexity index is 1670. The fraction of sp³-hybridized carbons (Fsp3) is 0.200. The number of methoxy groups -OCH3 is 1. The Morgan fingerprint density at radius 1 is 1.17 bits per heavy atom. The molecule has 0 saturated heterocycles. The zero-order valence-corrected chi connectivity index (χ0v) is 20.5. The van der Waals surface area contributed by atoms with E-state index in [1.807, 2.05) is 13.8 Å². The zero-order valence-electron chi connectivity index (χ0n) is 19.6. The quantitative estimate of drug-likeness (QED) is 0.223. The van der Waals surface area contributed by atoms with Gasteiger partial charge >= 0.3 is 5.97 Å². The van der Waals surface area contributed by atoms with Crippen LogP contribution in [0.4, 0.5) is 10.8 Å². The van der Waals surface area contributed by atoms with Gasteiger partial charge in [0.2, 0.25) is 5.76 Å². The second-order valence-corrected chi connectivity index (χ2v) is 9.42. The lowest BCUT2D eigenvalue weighted by Gasteiger charge is -2.22. The van der Waals surface area contributed by atoms with Crippen molar-refractivity contribution in [3.05, 3.63) is 95.3 Å².